The Bertz CT molecular complexity index is 710. The van der Waals surface area contributed by atoms with Crippen molar-refractivity contribution in [1.82, 2.24) is 0 Å². The highest BCUT2D eigenvalue weighted by atomic mass is 79.9. The van der Waals surface area contributed by atoms with E-state index < -0.39 is 0 Å². The topological polar surface area (TPSA) is 57.0 Å². The van der Waals surface area contributed by atoms with Gasteiger partial charge in [-0.1, -0.05) is 15.9 Å². The number of hydrogen-bond donors (Lipinski definition) is 3. The summed E-state index contributed by atoms with van der Waals surface area (Å²) in [4.78, 5) is 16.1. The molecule has 0 aromatic heterocycles. The van der Waals surface area contributed by atoms with Crippen LogP contribution in [0.3, 0.4) is 0 Å². The summed E-state index contributed by atoms with van der Waals surface area (Å²) in [5, 5.41) is 12.4. The van der Waals surface area contributed by atoms with Crippen molar-refractivity contribution in [3.63, 3.8) is 0 Å². The van der Waals surface area contributed by atoms with Gasteiger partial charge in [0, 0.05) is 15.8 Å². The molecule has 1 saturated heterocycles. The van der Waals surface area contributed by atoms with Crippen molar-refractivity contribution < 1.29 is 14.8 Å². The monoisotopic (exact) mass is 404 g/mol. The molecule has 1 amide bonds. The number of amides is 1. The van der Waals surface area contributed by atoms with Crippen LogP contribution in [0.1, 0.15) is 6.92 Å². The quantitative estimate of drug-likeness (QED) is 0.728. The number of anilines is 2. The number of rotatable bonds is 4. The molecule has 0 spiro atoms. The SMILES string of the molecule is C[C@@H](C(=O)Nc1ccc(Br)cc1)[NH+]1CCN(c2ccc(O)cc2)CC1. The van der Waals surface area contributed by atoms with E-state index in [1.54, 1.807) is 12.1 Å². The van der Waals surface area contributed by atoms with E-state index in [0.717, 1.165) is 42.0 Å². The molecule has 0 bridgehead atoms. The standard InChI is InChI=1S/C19H22BrN3O2/c1-14(19(25)21-16-4-2-15(20)3-5-16)22-10-12-23(13-11-22)17-6-8-18(24)9-7-17/h2-9,14,24H,10-13H2,1H3,(H,21,25)/p+1/t14-/m0/s1. The van der Waals surface area contributed by atoms with E-state index in [4.69, 9.17) is 0 Å². The van der Waals surface area contributed by atoms with E-state index in [2.05, 4.69) is 26.1 Å². The summed E-state index contributed by atoms with van der Waals surface area (Å²) in [7, 11) is 0. The van der Waals surface area contributed by atoms with Crippen molar-refractivity contribution in [3.8, 4) is 5.75 Å². The number of piperazine rings is 1. The lowest BCUT2D eigenvalue weighted by molar-refractivity contribution is -0.914. The number of halogens is 1. The first-order valence-corrected chi connectivity index (χ1v) is 9.27. The summed E-state index contributed by atoms with van der Waals surface area (Å²) >= 11 is 3.40. The zero-order valence-electron chi connectivity index (χ0n) is 14.2. The van der Waals surface area contributed by atoms with Crippen molar-refractivity contribution in [2.24, 2.45) is 0 Å². The van der Waals surface area contributed by atoms with Crippen LogP contribution in [-0.4, -0.2) is 43.2 Å². The molecule has 6 heteroatoms. The Morgan fingerprint density at radius 3 is 2.32 bits per heavy atom. The summed E-state index contributed by atoms with van der Waals surface area (Å²) in [5.41, 5.74) is 1.94. The number of aromatic hydroxyl groups is 1. The zero-order chi connectivity index (χ0) is 17.8. The predicted molar refractivity (Wildman–Crippen MR) is 103 cm³/mol. The maximum absolute atomic E-state index is 12.5. The molecule has 2 aromatic carbocycles. The van der Waals surface area contributed by atoms with Gasteiger partial charge in [0.15, 0.2) is 6.04 Å². The third-order valence-electron chi connectivity index (χ3n) is 4.74. The minimum atomic E-state index is -0.0920. The molecule has 1 aliphatic rings. The molecule has 1 heterocycles. The number of carbonyl (C=O) groups excluding carboxylic acids is 1. The highest BCUT2D eigenvalue weighted by Gasteiger charge is 2.29. The van der Waals surface area contributed by atoms with Crippen LogP contribution in [0.5, 0.6) is 5.75 Å². The van der Waals surface area contributed by atoms with Crippen LogP contribution in [0.25, 0.3) is 0 Å². The number of hydrogen-bond acceptors (Lipinski definition) is 3. The fraction of sp³-hybridized carbons (Fsp3) is 0.316. The van der Waals surface area contributed by atoms with E-state index in [1.807, 2.05) is 43.3 Å². The molecule has 3 N–H and O–H groups in total. The van der Waals surface area contributed by atoms with Crippen molar-refractivity contribution in [2.75, 3.05) is 36.4 Å². The molecule has 0 aliphatic carbocycles. The number of nitrogens with zero attached hydrogens (tertiary/aromatic N) is 1. The van der Waals surface area contributed by atoms with Gasteiger partial charge in [-0.25, -0.2) is 0 Å². The Hall–Kier alpha value is -2.05. The second-order valence-corrected chi connectivity index (χ2v) is 7.30. The smallest absolute Gasteiger partial charge is 0.282 e. The van der Waals surface area contributed by atoms with Gasteiger partial charge in [-0.05, 0) is 55.5 Å². The van der Waals surface area contributed by atoms with Crippen molar-refractivity contribution in [1.29, 1.82) is 0 Å². The molecule has 3 rings (SSSR count). The summed E-state index contributed by atoms with van der Waals surface area (Å²) in [5.74, 6) is 0.335. The molecule has 1 fully saturated rings. The van der Waals surface area contributed by atoms with Gasteiger partial charge in [0.05, 0.1) is 26.2 Å². The van der Waals surface area contributed by atoms with Crippen LogP contribution < -0.4 is 15.1 Å². The maximum atomic E-state index is 12.5. The number of quaternary nitrogens is 1. The molecule has 25 heavy (non-hydrogen) atoms. The van der Waals surface area contributed by atoms with Crippen LogP contribution in [0.4, 0.5) is 11.4 Å². The third-order valence-corrected chi connectivity index (χ3v) is 5.27. The average molecular weight is 405 g/mol. The molecule has 1 atom stereocenters. The molecule has 0 saturated carbocycles. The molecular weight excluding hydrogens is 382 g/mol. The van der Waals surface area contributed by atoms with Crippen molar-refractivity contribution >= 4 is 33.2 Å². The van der Waals surface area contributed by atoms with Crippen LogP contribution in [0, 0.1) is 0 Å². The number of benzene rings is 2. The van der Waals surface area contributed by atoms with Crippen LogP contribution in [-0.2, 0) is 4.79 Å². The highest BCUT2D eigenvalue weighted by molar-refractivity contribution is 9.10. The van der Waals surface area contributed by atoms with E-state index in [0.29, 0.717) is 0 Å². The lowest BCUT2D eigenvalue weighted by Crippen LogP contribution is -3.19. The average Bonchev–Trinajstić information content (AvgIpc) is 2.64. The Labute approximate surface area is 156 Å². The fourth-order valence-electron chi connectivity index (χ4n) is 3.12. The maximum Gasteiger partial charge on any atom is 0.282 e. The lowest BCUT2D eigenvalue weighted by atomic mass is 10.2. The molecule has 2 aromatic rings. The summed E-state index contributed by atoms with van der Waals surface area (Å²) in [6.07, 6.45) is 0. The second-order valence-electron chi connectivity index (χ2n) is 6.38. The van der Waals surface area contributed by atoms with Gasteiger partial charge in [-0.2, -0.15) is 0 Å². The van der Waals surface area contributed by atoms with E-state index in [-0.39, 0.29) is 17.7 Å². The number of phenolic OH excluding ortho intramolecular Hbond substituents is 1. The van der Waals surface area contributed by atoms with E-state index in [9.17, 15) is 9.90 Å². The fourth-order valence-corrected chi connectivity index (χ4v) is 3.38. The molecular formula is C19H23BrN3O2+. The molecule has 132 valence electrons. The third kappa shape index (κ3) is 4.52. The number of phenols is 1. The minimum Gasteiger partial charge on any atom is -0.508 e. The zero-order valence-corrected chi connectivity index (χ0v) is 15.8. The predicted octanol–water partition coefficient (Wildman–Crippen LogP) is 1.89. The molecule has 1 aliphatic heterocycles. The van der Waals surface area contributed by atoms with Crippen molar-refractivity contribution in [3.05, 3.63) is 53.0 Å². The first-order chi connectivity index (χ1) is 12.0. The Morgan fingerprint density at radius 2 is 1.72 bits per heavy atom. The van der Waals surface area contributed by atoms with E-state index >= 15 is 0 Å². The Morgan fingerprint density at radius 1 is 1.12 bits per heavy atom. The normalized spacial score (nSPS) is 16.5. The molecule has 0 unspecified atom stereocenters. The van der Waals surface area contributed by atoms with Gasteiger partial charge < -0.3 is 20.2 Å². The van der Waals surface area contributed by atoms with Gasteiger partial charge in [-0.15, -0.1) is 0 Å². The van der Waals surface area contributed by atoms with Gasteiger partial charge in [-0.3, -0.25) is 4.79 Å². The number of carbonyl (C=O) groups is 1. The van der Waals surface area contributed by atoms with Gasteiger partial charge in [0.2, 0.25) is 0 Å². The minimum absolute atomic E-state index is 0.0513. The highest BCUT2D eigenvalue weighted by Crippen LogP contribution is 2.18. The number of nitrogens with one attached hydrogen (secondary N) is 2. The first kappa shape index (κ1) is 17.8. The van der Waals surface area contributed by atoms with Gasteiger partial charge in [0.25, 0.3) is 5.91 Å². The second kappa shape index (κ2) is 7.89. The van der Waals surface area contributed by atoms with Crippen LogP contribution in [0.15, 0.2) is 53.0 Å². The Kier molecular flexibility index (Phi) is 5.60. The first-order valence-electron chi connectivity index (χ1n) is 8.48. The van der Waals surface area contributed by atoms with Gasteiger partial charge in [0.1, 0.15) is 5.75 Å². The van der Waals surface area contributed by atoms with Crippen molar-refractivity contribution in [2.45, 2.75) is 13.0 Å². The van der Waals surface area contributed by atoms with Crippen LogP contribution >= 0.6 is 15.9 Å². The van der Waals surface area contributed by atoms with Crippen LogP contribution in [0.2, 0.25) is 0 Å². The summed E-state index contributed by atoms with van der Waals surface area (Å²) in [6.45, 7) is 5.61. The largest absolute Gasteiger partial charge is 0.508 e. The van der Waals surface area contributed by atoms with Gasteiger partial charge >= 0.3 is 0 Å². The summed E-state index contributed by atoms with van der Waals surface area (Å²) < 4.78 is 0.995. The molecule has 5 nitrogen and oxygen atoms in total. The summed E-state index contributed by atoms with van der Waals surface area (Å²) in [6, 6.07) is 14.8. The lowest BCUT2D eigenvalue weighted by Gasteiger charge is -2.36. The van der Waals surface area contributed by atoms with E-state index in [1.165, 1.54) is 4.90 Å². The molecule has 0 radical (unpaired) electrons. The Balaban J connectivity index is 1.53.